The van der Waals surface area contributed by atoms with Crippen molar-refractivity contribution in [1.82, 2.24) is 5.32 Å². The summed E-state index contributed by atoms with van der Waals surface area (Å²) in [6, 6.07) is 9.01. The second-order valence-corrected chi connectivity index (χ2v) is 11.2. The fourth-order valence-electron chi connectivity index (χ4n) is 6.53. The lowest BCUT2D eigenvalue weighted by molar-refractivity contribution is -0.358. The smallest absolute Gasteiger partial charge is 0.217 e. The quantitative estimate of drug-likeness (QED) is 0.425. The van der Waals surface area contributed by atoms with Gasteiger partial charge in [0.15, 0.2) is 12.1 Å². The van der Waals surface area contributed by atoms with Crippen molar-refractivity contribution in [3.8, 4) is 0 Å². The van der Waals surface area contributed by atoms with Gasteiger partial charge in [-0.2, -0.15) is 0 Å². The first-order valence-electron chi connectivity index (χ1n) is 14.2. The van der Waals surface area contributed by atoms with Crippen LogP contribution in [-0.4, -0.2) is 94.9 Å². The molecule has 0 radical (unpaired) electrons. The van der Waals surface area contributed by atoms with Crippen LogP contribution in [0.1, 0.15) is 57.8 Å². The topological polar surface area (TPSA) is 112 Å². The van der Waals surface area contributed by atoms with E-state index in [4.69, 9.17) is 42.6 Å². The average Bonchev–Trinajstić information content (AvgIpc) is 3.35. The molecule has 4 aliphatic rings. The Hall–Kier alpha value is -1.67. The SMILES string of the molecule is COCOC1C(NC(C)=O)[C@](C)([C@H](OCOC)[C@H]2COC3(CCCCC3)O2)OC2COC(c3ccccc3)O[C@H]21. The third-order valence-electron chi connectivity index (χ3n) is 8.30. The zero-order valence-electron chi connectivity index (χ0n) is 23.9. The number of methoxy groups -OCH3 is 2. The number of carbonyl (C=O) groups excluding carboxylic acids is 1. The number of fused-ring (bicyclic) bond motifs is 1. The van der Waals surface area contributed by atoms with Gasteiger partial charge in [-0.25, -0.2) is 0 Å². The summed E-state index contributed by atoms with van der Waals surface area (Å²) in [7, 11) is 3.12. The lowest BCUT2D eigenvalue weighted by Gasteiger charge is -2.56. The maximum Gasteiger partial charge on any atom is 0.217 e. The van der Waals surface area contributed by atoms with Crippen molar-refractivity contribution in [3.63, 3.8) is 0 Å². The number of amides is 1. The summed E-state index contributed by atoms with van der Waals surface area (Å²) in [6.07, 6.45) is 1.45. The normalized spacial score (nSPS) is 36.2. The van der Waals surface area contributed by atoms with Gasteiger partial charge in [0.25, 0.3) is 0 Å². The predicted molar refractivity (Wildman–Crippen MR) is 141 cm³/mol. The molecule has 11 heteroatoms. The second-order valence-electron chi connectivity index (χ2n) is 11.2. The predicted octanol–water partition coefficient (Wildman–Crippen LogP) is 2.82. The third kappa shape index (κ3) is 6.23. The van der Waals surface area contributed by atoms with Gasteiger partial charge in [-0.1, -0.05) is 36.8 Å². The van der Waals surface area contributed by atoms with Gasteiger partial charge in [-0.3, -0.25) is 4.79 Å². The maximum atomic E-state index is 12.6. The molecule has 0 bridgehead atoms. The van der Waals surface area contributed by atoms with Gasteiger partial charge in [-0.15, -0.1) is 0 Å². The van der Waals surface area contributed by atoms with Crippen molar-refractivity contribution in [1.29, 1.82) is 0 Å². The van der Waals surface area contributed by atoms with Crippen molar-refractivity contribution < 1.29 is 47.4 Å². The van der Waals surface area contributed by atoms with E-state index < -0.39 is 54.2 Å². The molecule has 1 aliphatic carbocycles. The summed E-state index contributed by atoms with van der Waals surface area (Å²) < 4.78 is 55.5. The Labute approximate surface area is 236 Å². The molecule has 8 atom stereocenters. The van der Waals surface area contributed by atoms with Gasteiger partial charge >= 0.3 is 0 Å². The molecule has 11 nitrogen and oxygen atoms in total. The number of nitrogens with one attached hydrogen (secondary N) is 1. The first-order chi connectivity index (χ1) is 19.4. The highest BCUT2D eigenvalue weighted by atomic mass is 16.8. The van der Waals surface area contributed by atoms with Crippen molar-refractivity contribution in [2.45, 2.75) is 100 Å². The first-order valence-corrected chi connectivity index (χ1v) is 14.2. The highest BCUT2D eigenvalue weighted by molar-refractivity contribution is 5.73. The molecule has 1 aromatic carbocycles. The monoisotopic (exact) mass is 565 g/mol. The van der Waals surface area contributed by atoms with E-state index in [0.29, 0.717) is 6.61 Å². The average molecular weight is 566 g/mol. The fraction of sp³-hybridized carbons (Fsp3) is 0.759. The number of hydrogen-bond acceptors (Lipinski definition) is 10. The molecule has 0 aromatic heterocycles. The number of carbonyl (C=O) groups is 1. The second kappa shape index (κ2) is 13.1. The lowest BCUT2D eigenvalue weighted by atomic mass is 9.77. The number of benzene rings is 1. The Morgan fingerprint density at radius 1 is 1.05 bits per heavy atom. The van der Waals surface area contributed by atoms with Crippen LogP contribution < -0.4 is 5.32 Å². The Morgan fingerprint density at radius 3 is 2.50 bits per heavy atom. The molecule has 4 unspecified atom stereocenters. The summed E-state index contributed by atoms with van der Waals surface area (Å²) in [6.45, 7) is 3.96. The zero-order chi connectivity index (χ0) is 28.2. The Bertz CT molecular complexity index is 959. The molecule has 1 aromatic rings. The van der Waals surface area contributed by atoms with Crippen molar-refractivity contribution in [3.05, 3.63) is 35.9 Å². The van der Waals surface area contributed by atoms with Crippen molar-refractivity contribution in [2.24, 2.45) is 0 Å². The van der Waals surface area contributed by atoms with Gasteiger partial charge in [0.2, 0.25) is 5.91 Å². The molecular formula is C29H43NO10. The van der Waals surface area contributed by atoms with Crippen LogP contribution in [0.2, 0.25) is 0 Å². The van der Waals surface area contributed by atoms with Crippen LogP contribution >= 0.6 is 0 Å². The van der Waals surface area contributed by atoms with E-state index in [1.807, 2.05) is 37.3 Å². The molecule has 3 heterocycles. The van der Waals surface area contributed by atoms with Crippen LogP contribution in [0, 0.1) is 0 Å². The van der Waals surface area contributed by atoms with E-state index in [-0.39, 0.29) is 26.1 Å². The minimum Gasteiger partial charge on any atom is -0.362 e. The van der Waals surface area contributed by atoms with Gasteiger partial charge in [0.05, 0.1) is 19.3 Å². The third-order valence-corrected chi connectivity index (χ3v) is 8.30. The molecule has 1 N–H and O–H groups in total. The maximum absolute atomic E-state index is 12.6. The lowest BCUT2D eigenvalue weighted by Crippen LogP contribution is -2.75. The van der Waals surface area contributed by atoms with E-state index in [1.165, 1.54) is 13.3 Å². The van der Waals surface area contributed by atoms with Crippen LogP contribution in [0.25, 0.3) is 0 Å². The van der Waals surface area contributed by atoms with E-state index in [9.17, 15) is 4.79 Å². The molecule has 3 saturated heterocycles. The van der Waals surface area contributed by atoms with Gasteiger partial charge < -0.3 is 47.9 Å². The summed E-state index contributed by atoms with van der Waals surface area (Å²) in [4.78, 5) is 12.6. The molecule has 40 heavy (non-hydrogen) atoms. The highest BCUT2D eigenvalue weighted by Crippen LogP contribution is 2.45. The van der Waals surface area contributed by atoms with Crippen LogP contribution in [0.3, 0.4) is 0 Å². The van der Waals surface area contributed by atoms with E-state index in [0.717, 1.165) is 31.2 Å². The van der Waals surface area contributed by atoms with Crippen LogP contribution in [0.15, 0.2) is 30.3 Å². The Kier molecular flexibility index (Phi) is 9.76. The molecular weight excluding hydrogens is 522 g/mol. The molecule has 1 saturated carbocycles. The Morgan fingerprint density at radius 2 is 1.80 bits per heavy atom. The standard InChI is InChI=1S/C29H43NO10/c1-19(31)30-25-24(35-17-32-3)23-21(15-34-27(38-23)20-11-7-5-8-12-20)39-28(25,2)26(36-18-33-4)22-16-37-29(40-22)13-9-6-10-14-29/h5,7-8,11-12,21-27H,6,9-10,13-18H2,1-4H3,(H,30,31)/t21?,22-,23-,24?,25?,26-,27?,28-/m1/s1. The van der Waals surface area contributed by atoms with Gasteiger partial charge in [0.1, 0.15) is 49.7 Å². The van der Waals surface area contributed by atoms with Crippen LogP contribution in [0.4, 0.5) is 0 Å². The van der Waals surface area contributed by atoms with E-state index >= 15 is 0 Å². The summed E-state index contributed by atoms with van der Waals surface area (Å²) in [5.41, 5.74) is -0.254. The summed E-state index contributed by atoms with van der Waals surface area (Å²) in [5, 5.41) is 3.09. The molecule has 224 valence electrons. The summed E-state index contributed by atoms with van der Waals surface area (Å²) >= 11 is 0. The number of hydrogen-bond donors (Lipinski definition) is 1. The highest BCUT2D eigenvalue weighted by Gasteiger charge is 2.62. The molecule has 4 fully saturated rings. The first kappa shape index (κ1) is 29.8. The minimum absolute atomic E-state index is 0.00395. The van der Waals surface area contributed by atoms with E-state index in [2.05, 4.69) is 5.32 Å². The zero-order valence-corrected chi connectivity index (χ0v) is 23.9. The van der Waals surface area contributed by atoms with Gasteiger partial charge in [0, 0.05) is 39.5 Å². The number of ether oxygens (including phenoxy) is 9. The molecule has 1 amide bonds. The van der Waals surface area contributed by atoms with Crippen LogP contribution in [-0.2, 0) is 47.4 Å². The van der Waals surface area contributed by atoms with Crippen molar-refractivity contribution >= 4 is 5.91 Å². The van der Waals surface area contributed by atoms with E-state index in [1.54, 1.807) is 14.2 Å². The Balaban J connectivity index is 1.47. The largest absolute Gasteiger partial charge is 0.362 e. The van der Waals surface area contributed by atoms with Crippen LogP contribution in [0.5, 0.6) is 0 Å². The molecule has 5 rings (SSSR count). The van der Waals surface area contributed by atoms with Crippen molar-refractivity contribution in [2.75, 3.05) is 41.0 Å². The fourth-order valence-corrected chi connectivity index (χ4v) is 6.53. The molecule has 3 aliphatic heterocycles. The minimum atomic E-state index is -1.13. The summed E-state index contributed by atoms with van der Waals surface area (Å²) in [5.74, 6) is -0.866. The van der Waals surface area contributed by atoms with Gasteiger partial charge in [-0.05, 0) is 19.8 Å². The molecule has 1 spiro atoms. The number of rotatable bonds is 10.